The van der Waals surface area contributed by atoms with Crippen molar-refractivity contribution in [2.75, 3.05) is 5.38 Å². The van der Waals surface area contributed by atoms with Gasteiger partial charge in [0.15, 0.2) is 0 Å². The highest BCUT2D eigenvalue weighted by Crippen LogP contribution is 2.24. The predicted octanol–water partition coefficient (Wildman–Crippen LogP) is 4.63. The average Bonchev–Trinajstić information content (AvgIpc) is 2.64. The molecule has 0 N–H and O–H groups in total. The Hall–Kier alpha value is -2.37. The van der Waals surface area contributed by atoms with E-state index in [1.165, 1.54) is 0 Å². The fourth-order valence-electron chi connectivity index (χ4n) is 2.16. The summed E-state index contributed by atoms with van der Waals surface area (Å²) in [6, 6.07) is 28.6. The van der Waals surface area contributed by atoms with Gasteiger partial charge >= 0.3 is 8.80 Å². The maximum Gasteiger partial charge on any atom is 0.709 e. The number of benzene rings is 3. The van der Waals surface area contributed by atoms with Crippen LogP contribution in [0.15, 0.2) is 91.0 Å². The fraction of sp³-hybridized carbons (Fsp3) is 0.0526. The molecule has 24 heavy (non-hydrogen) atoms. The summed E-state index contributed by atoms with van der Waals surface area (Å²) in [6.45, 7) is 0. The molecule has 0 unspecified atom stereocenters. The van der Waals surface area contributed by atoms with Crippen LogP contribution in [0.2, 0.25) is 0 Å². The van der Waals surface area contributed by atoms with E-state index in [-0.39, 0.29) is 0 Å². The number of hydrogen-bond acceptors (Lipinski definition) is 4. The van der Waals surface area contributed by atoms with E-state index in [4.69, 9.17) is 13.3 Å². The molecule has 0 aromatic heterocycles. The van der Waals surface area contributed by atoms with Crippen LogP contribution in [0.25, 0.3) is 0 Å². The third kappa shape index (κ3) is 4.34. The van der Waals surface area contributed by atoms with Crippen LogP contribution < -0.4 is 13.3 Å². The Labute approximate surface area is 148 Å². The molecule has 122 valence electrons. The molecule has 5 heteroatoms. The molecule has 0 heterocycles. The summed E-state index contributed by atoms with van der Waals surface area (Å²) in [4.78, 5) is 0. The molecular weight excluding hydrogens is 336 g/mol. The summed E-state index contributed by atoms with van der Waals surface area (Å²) in [5.74, 6) is 2.10. The lowest BCUT2D eigenvalue weighted by atomic mass is 10.3. The first-order valence-electron chi connectivity index (χ1n) is 7.63. The van der Waals surface area contributed by atoms with Gasteiger partial charge in [0, 0.05) is 0 Å². The molecule has 0 saturated heterocycles. The molecule has 3 nitrogen and oxygen atoms in total. The van der Waals surface area contributed by atoms with Gasteiger partial charge in [0.2, 0.25) is 0 Å². The molecule has 0 atom stereocenters. The first-order chi connectivity index (χ1) is 11.8. The van der Waals surface area contributed by atoms with Crippen molar-refractivity contribution in [3.05, 3.63) is 91.0 Å². The number of hydrogen-bond donors (Lipinski definition) is 1. The molecular formula is C19H18O3SSi. The lowest BCUT2D eigenvalue weighted by molar-refractivity contribution is 0.270. The van der Waals surface area contributed by atoms with Gasteiger partial charge in [-0.25, -0.2) is 0 Å². The van der Waals surface area contributed by atoms with Crippen molar-refractivity contribution in [2.24, 2.45) is 0 Å². The maximum atomic E-state index is 6.18. The van der Waals surface area contributed by atoms with Gasteiger partial charge in [0.25, 0.3) is 0 Å². The van der Waals surface area contributed by atoms with Gasteiger partial charge in [-0.05, 0) is 36.4 Å². The zero-order chi connectivity index (χ0) is 16.7. The molecule has 0 aliphatic rings. The van der Waals surface area contributed by atoms with Gasteiger partial charge in [-0.1, -0.05) is 54.6 Å². The standard InChI is InChI=1S/C19H18O3SSi/c23-16-24(20-17-10-4-1-5-11-17,21-18-12-6-2-7-13-18)22-19-14-8-3-9-15-19/h1-15,23H,16H2. The molecule has 3 rings (SSSR count). The monoisotopic (exact) mass is 354 g/mol. The van der Waals surface area contributed by atoms with Crippen molar-refractivity contribution in [3.63, 3.8) is 0 Å². The van der Waals surface area contributed by atoms with Crippen molar-refractivity contribution in [1.82, 2.24) is 0 Å². The van der Waals surface area contributed by atoms with E-state index >= 15 is 0 Å². The van der Waals surface area contributed by atoms with Crippen LogP contribution in [-0.4, -0.2) is 14.2 Å². The maximum absolute atomic E-state index is 6.18. The Balaban J connectivity index is 1.91. The second-order valence-corrected chi connectivity index (χ2v) is 8.33. The highest BCUT2D eigenvalue weighted by atomic mass is 32.1. The summed E-state index contributed by atoms with van der Waals surface area (Å²) < 4.78 is 18.5. The summed E-state index contributed by atoms with van der Waals surface area (Å²) in [5.41, 5.74) is 0. The summed E-state index contributed by atoms with van der Waals surface area (Å²) in [7, 11) is -3.13. The van der Waals surface area contributed by atoms with Gasteiger partial charge in [0.1, 0.15) is 17.2 Å². The fourth-order valence-corrected chi connectivity index (χ4v) is 4.55. The van der Waals surface area contributed by atoms with Crippen LogP contribution in [-0.2, 0) is 0 Å². The predicted molar refractivity (Wildman–Crippen MR) is 101 cm³/mol. The lowest BCUT2D eigenvalue weighted by Gasteiger charge is -2.29. The van der Waals surface area contributed by atoms with Gasteiger partial charge in [0.05, 0.1) is 5.38 Å². The van der Waals surface area contributed by atoms with Gasteiger partial charge in [-0.2, -0.15) is 12.6 Å². The minimum atomic E-state index is -3.13. The van der Waals surface area contributed by atoms with E-state index in [1.54, 1.807) is 0 Å². The number of rotatable bonds is 7. The summed E-state index contributed by atoms with van der Waals surface area (Å²) >= 11 is 4.48. The Kier molecular flexibility index (Phi) is 5.46. The van der Waals surface area contributed by atoms with Crippen molar-refractivity contribution in [3.8, 4) is 17.2 Å². The van der Waals surface area contributed by atoms with Gasteiger partial charge in [-0.15, -0.1) is 0 Å². The van der Waals surface area contributed by atoms with Gasteiger partial charge in [-0.3, -0.25) is 0 Å². The second-order valence-electron chi connectivity index (χ2n) is 5.09. The van der Waals surface area contributed by atoms with Crippen LogP contribution in [0.4, 0.5) is 0 Å². The molecule has 3 aromatic rings. The van der Waals surface area contributed by atoms with E-state index in [0.717, 1.165) is 0 Å². The Bertz CT molecular complexity index is 637. The van der Waals surface area contributed by atoms with Crippen LogP contribution in [0.5, 0.6) is 17.2 Å². The molecule has 0 spiro atoms. The molecule has 0 amide bonds. The minimum absolute atomic E-state index is 0.339. The average molecular weight is 355 g/mol. The number of para-hydroxylation sites is 3. The van der Waals surface area contributed by atoms with Crippen molar-refractivity contribution < 1.29 is 13.3 Å². The Morgan fingerprint density at radius 2 is 0.833 bits per heavy atom. The third-order valence-corrected chi connectivity index (χ3v) is 6.43. The van der Waals surface area contributed by atoms with E-state index in [1.807, 2.05) is 91.0 Å². The normalized spacial score (nSPS) is 10.9. The third-order valence-electron chi connectivity index (χ3n) is 3.24. The lowest BCUT2D eigenvalue weighted by Crippen LogP contribution is -2.57. The largest absolute Gasteiger partial charge is 0.709 e. The Morgan fingerprint density at radius 3 is 1.08 bits per heavy atom. The van der Waals surface area contributed by atoms with E-state index in [0.29, 0.717) is 22.6 Å². The zero-order valence-electron chi connectivity index (χ0n) is 13.0. The molecule has 0 bridgehead atoms. The first-order valence-corrected chi connectivity index (χ1v) is 10.2. The van der Waals surface area contributed by atoms with E-state index in [9.17, 15) is 0 Å². The second kappa shape index (κ2) is 7.94. The van der Waals surface area contributed by atoms with Crippen LogP contribution in [0.1, 0.15) is 0 Å². The van der Waals surface area contributed by atoms with Crippen molar-refractivity contribution in [2.45, 2.75) is 0 Å². The van der Waals surface area contributed by atoms with Crippen LogP contribution >= 0.6 is 12.6 Å². The first kappa shape index (κ1) is 16.5. The summed E-state index contributed by atoms with van der Waals surface area (Å²) in [6.07, 6.45) is 0. The van der Waals surface area contributed by atoms with E-state index in [2.05, 4.69) is 12.6 Å². The highest BCUT2D eigenvalue weighted by molar-refractivity contribution is 7.82. The molecule has 0 aliphatic carbocycles. The molecule has 0 aliphatic heterocycles. The molecule has 0 saturated carbocycles. The zero-order valence-corrected chi connectivity index (χ0v) is 14.9. The summed E-state index contributed by atoms with van der Waals surface area (Å²) in [5, 5.41) is 0.339. The SMILES string of the molecule is SC[Si](Oc1ccccc1)(Oc1ccccc1)Oc1ccccc1. The van der Waals surface area contributed by atoms with Crippen LogP contribution in [0, 0.1) is 0 Å². The molecule has 0 fully saturated rings. The number of thiol groups is 1. The topological polar surface area (TPSA) is 27.7 Å². The van der Waals surface area contributed by atoms with Crippen LogP contribution in [0.3, 0.4) is 0 Å². The smallest absolute Gasteiger partial charge is 0.483 e. The van der Waals surface area contributed by atoms with Gasteiger partial charge < -0.3 is 13.3 Å². The van der Waals surface area contributed by atoms with Crippen molar-refractivity contribution in [1.29, 1.82) is 0 Å². The quantitative estimate of drug-likeness (QED) is 0.495. The van der Waals surface area contributed by atoms with E-state index < -0.39 is 8.80 Å². The highest BCUT2D eigenvalue weighted by Gasteiger charge is 2.48. The molecule has 3 aromatic carbocycles. The van der Waals surface area contributed by atoms with Crippen molar-refractivity contribution >= 4 is 21.4 Å². The molecule has 0 radical (unpaired) electrons. The minimum Gasteiger partial charge on any atom is -0.483 e. The Morgan fingerprint density at radius 1 is 0.542 bits per heavy atom.